The Labute approximate surface area is 83.2 Å². The van der Waals surface area contributed by atoms with Crippen molar-refractivity contribution in [2.45, 2.75) is 13.8 Å². The second-order valence-corrected chi connectivity index (χ2v) is 3.34. The molecule has 74 valence electrons. The molecule has 0 bridgehead atoms. The maximum absolute atomic E-state index is 4.08. The van der Waals surface area contributed by atoms with Crippen molar-refractivity contribution >= 4 is 11.5 Å². The summed E-state index contributed by atoms with van der Waals surface area (Å²) in [5.41, 5.74) is 0.903. The fourth-order valence-electron chi connectivity index (χ4n) is 1.52. The third-order valence-electron chi connectivity index (χ3n) is 2.44. The molecule has 0 saturated carbocycles. The van der Waals surface area contributed by atoms with Gasteiger partial charge in [-0.25, -0.2) is 0 Å². The van der Waals surface area contributed by atoms with Crippen LogP contribution in [0.4, 0.5) is 5.82 Å². The molecule has 4 heteroatoms. The second kappa shape index (κ2) is 3.29. The van der Waals surface area contributed by atoms with Crippen molar-refractivity contribution in [2.24, 2.45) is 0 Å². The molecule has 0 atom stereocenters. The largest absolute Gasteiger partial charge is 0.361 e. The average Bonchev–Trinajstić information content (AvgIpc) is 2.59. The molecule has 2 rings (SSSR count). The van der Waals surface area contributed by atoms with Crippen molar-refractivity contribution in [1.29, 1.82) is 0 Å². The lowest BCUT2D eigenvalue weighted by atomic mass is 10.4. The highest BCUT2D eigenvalue weighted by molar-refractivity contribution is 5.51. The quantitative estimate of drug-likeness (QED) is 0.719. The Bertz CT molecular complexity index is 446. The van der Waals surface area contributed by atoms with Crippen molar-refractivity contribution in [3.63, 3.8) is 0 Å². The van der Waals surface area contributed by atoms with Crippen LogP contribution in [-0.2, 0) is 0 Å². The second-order valence-electron chi connectivity index (χ2n) is 3.34. The van der Waals surface area contributed by atoms with Crippen LogP contribution in [0.5, 0.6) is 0 Å². The summed E-state index contributed by atoms with van der Waals surface area (Å²) in [5.74, 6) is 2.06. The van der Waals surface area contributed by atoms with Gasteiger partial charge < -0.3 is 4.90 Å². The van der Waals surface area contributed by atoms with E-state index in [1.807, 2.05) is 19.1 Å². The van der Waals surface area contributed by atoms with Crippen LogP contribution >= 0.6 is 0 Å². The number of pyridine rings is 1. The maximum Gasteiger partial charge on any atom is 0.162 e. The monoisotopic (exact) mass is 190 g/mol. The predicted molar refractivity (Wildman–Crippen MR) is 56.7 cm³/mol. The summed E-state index contributed by atoms with van der Waals surface area (Å²) in [6.45, 7) is 5.06. The van der Waals surface area contributed by atoms with Gasteiger partial charge in [-0.05, 0) is 26.0 Å². The number of aryl methyl sites for hydroxylation is 1. The number of fused-ring (bicyclic) bond motifs is 1. The zero-order chi connectivity index (χ0) is 10.1. The number of aromatic nitrogens is 3. The summed E-state index contributed by atoms with van der Waals surface area (Å²) >= 11 is 0. The van der Waals surface area contributed by atoms with Crippen molar-refractivity contribution in [2.75, 3.05) is 18.5 Å². The predicted octanol–water partition coefficient (Wildman–Crippen LogP) is 1.49. The third kappa shape index (κ3) is 1.23. The van der Waals surface area contributed by atoms with Crippen molar-refractivity contribution in [3.8, 4) is 0 Å². The summed E-state index contributed by atoms with van der Waals surface area (Å²) in [4.78, 5) is 2.17. The van der Waals surface area contributed by atoms with Crippen LogP contribution < -0.4 is 4.90 Å². The van der Waals surface area contributed by atoms with Crippen LogP contribution in [0, 0.1) is 6.92 Å². The molecule has 2 aromatic rings. The van der Waals surface area contributed by atoms with E-state index in [4.69, 9.17) is 0 Å². The lowest BCUT2D eigenvalue weighted by Gasteiger charge is -2.18. The zero-order valence-corrected chi connectivity index (χ0v) is 8.73. The molecule has 0 aromatic carbocycles. The van der Waals surface area contributed by atoms with E-state index in [9.17, 15) is 0 Å². The van der Waals surface area contributed by atoms with Gasteiger partial charge in [0.1, 0.15) is 11.6 Å². The van der Waals surface area contributed by atoms with Gasteiger partial charge in [0.15, 0.2) is 5.65 Å². The molecule has 0 unspecified atom stereocenters. The van der Waals surface area contributed by atoms with E-state index in [1.165, 1.54) is 0 Å². The molecule has 0 spiro atoms. The summed E-state index contributed by atoms with van der Waals surface area (Å²) in [7, 11) is 2.06. The fourth-order valence-corrected chi connectivity index (χ4v) is 1.52. The van der Waals surface area contributed by atoms with Crippen LogP contribution in [0.1, 0.15) is 12.7 Å². The van der Waals surface area contributed by atoms with E-state index in [0.29, 0.717) is 0 Å². The molecule has 0 radical (unpaired) electrons. The lowest BCUT2D eigenvalue weighted by Crippen LogP contribution is -2.19. The molecule has 0 saturated heterocycles. The Kier molecular flexibility index (Phi) is 2.11. The first-order chi connectivity index (χ1) is 6.74. The van der Waals surface area contributed by atoms with Crippen molar-refractivity contribution in [3.05, 3.63) is 24.0 Å². The van der Waals surface area contributed by atoms with E-state index in [0.717, 1.165) is 23.8 Å². The zero-order valence-electron chi connectivity index (χ0n) is 8.73. The molecule has 0 amide bonds. The molecule has 14 heavy (non-hydrogen) atoms. The van der Waals surface area contributed by atoms with Gasteiger partial charge in [0.25, 0.3) is 0 Å². The van der Waals surface area contributed by atoms with Crippen molar-refractivity contribution < 1.29 is 0 Å². The standard InChI is InChI=1S/C10H14N4/c1-4-13(3)10-7-5-6-9-12-11-8(2)14(9)10/h5-7H,4H2,1-3H3. The minimum Gasteiger partial charge on any atom is -0.361 e. The molecule has 0 aliphatic heterocycles. The van der Waals surface area contributed by atoms with Gasteiger partial charge in [-0.3, -0.25) is 4.40 Å². The molecule has 2 heterocycles. The maximum atomic E-state index is 4.08. The van der Waals surface area contributed by atoms with E-state index in [-0.39, 0.29) is 0 Å². The Morgan fingerprint density at radius 2 is 2.14 bits per heavy atom. The highest BCUT2D eigenvalue weighted by atomic mass is 15.3. The summed E-state index contributed by atoms with van der Waals surface area (Å²) in [5, 5.41) is 8.14. The van der Waals surface area contributed by atoms with Gasteiger partial charge in [0, 0.05) is 13.6 Å². The molecule has 4 nitrogen and oxygen atoms in total. The highest BCUT2D eigenvalue weighted by Gasteiger charge is 2.07. The average molecular weight is 190 g/mol. The lowest BCUT2D eigenvalue weighted by molar-refractivity contribution is 0.900. The molecule has 0 fully saturated rings. The molecule has 0 aliphatic rings. The van der Waals surface area contributed by atoms with E-state index in [2.05, 4.69) is 39.5 Å². The number of anilines is 1. The van der Waals surface area contributed by atoms with E-state index in [1.54, 1.807) is 0 Å². The van der Waals surface area contributed by atoms with Gasteiger partial charge in [0.2, 0.25) is 0 Å². The minimum atomic E-state index is 0.903. The van der Waals surface area contributed by atoms with Crippen molar-refractivity contribution in [1.82, 2.24) is 14.6 Å². The molecule has 0 aliphatic carbocycles. The van der Waals surface area contributed by atoms with Gasteiger partial charge >= 0.3 is 0 Å². The van der Waals surface area contributed by atoms with Crippen LogP contribution in [0.2, 0.25) is 0 Å². The SMILES string of the molecule is CCN(C)c1cccc2nnc(C)n12. The first kappa shape index (κ1) is 8.99. The van der Waals surface area contributed by atoms with Crippen LogP contribution in [0.15, 0.2) is 18.2 Å². The van der Waals surface area contributed by atoms with E-state index >= 15 is 0 Å². The number of hydrogen-bond acceptors (Lipinski definition) is 3. The first-order valence-corrected chi connectivity index (χ1v) is 4.76. The Hall–Kier alpha value is -1.58. The fraction of sp³-hybridized carbons (Fsp3) is 0.400. The molecular formula is C10H14N4. The number of nitrogens with zero attached hydrogens (tertiary/aromatic N) is 4. The Morgan fingerprint density at radius 3 is 2.86 bits per heavy atom. The van der Waals surface area contributed by atoms with Crippen LogP contribution in [-0.4, -0.2) is 28.2 Å². The Morgan fingerprint density at radius 1 is 1.36 bits per heavy atom. The molecule has 2 aromatic heterocycles. The van der Waals surface area contributed by atoms with Crippen LogP contribution in [0.3, 0.4) is 0 Å². The molecular weight excluding hydrogens is 176 g/mol. The van der Waals surface area contributed by atoms with Gasteiger partial charge in [-0.1, -0.05) is 6.07 Å². The topological polar surface area (TPSA) is 33.4 Å². The number of hydrogen-bond donors (Lipinski definition) is 0. The third-order valence-corrected chi connectivity index (χ3v) is 2.44. The smallest absolute Gasteiger partial charge is 0.162 e. The summed E-state index contributed by atoms with van der Waals surface area (Å²) in [6.07, 6.45) is 0. The highest BCUT2D eigenvalue weighted by Crippen LogP contribution is 2.15. The van der Waals surface area contributed by atoms with Gasteiger partial charge in [0.05, 0.1) is 0 Å². The molecule has 0 N–H and O–H groups in total. The van der Waals surface area contributed by atoms with Gasteiger partial charge in [-0.2, -0.15) is 0 Å². The van der Waals surface area contributed by atoms with E-state index < -0.39 is 0 Å². The number of rotatable bonds is 2. The van der Waals surface area contributed by atoms with Crippen LogP contribution in [0.25, 0.3) is 5.65 Å². The normalized spacial score (nSPS) is 10.8. The minimum absolute atomic E-state index is 0.903. The summed E-state index contributed by atoms with van der Waals surface area (Å²) in [6, 6.07) is 6.05. The summed E-state index contributed by atoms with van der Waals surface area (Å²) < 4.78 is 2.06. The first-order valence-electron chi connectivity index (χ1n) is 4.76. The Balaban J connectivity index is 2.69. The van der Waals surface area contributed by atoms with Gasteiger partial charge in [-0.15, -0.1) is 10.2 Å².